The Morgan fingerprint density at radius 3 is 2.39 bits per heavy atom. The van der Waals surface area contributed by atoms with Crippen LogP contribution < -0.4 is 20.1 Å². The van der Waals surface area contributed by atoms with Gasteiger partial charge in [-0.15, -0.1) is 8.78 Å². The van der Waals surface area contributed by atoms with Crippen LogP contribution in [0.2, 0.25) is 0 Å². The maximum Gasteiger partial charge on any atom is 0.586 e. The molecule has 0 aromatic heterocycles. The van der Waals surface area contributed by atoms with Gasteiger partial charge in [0.2, 0.25) is 11.8 Å². The molecule has 0 radical (unpaired) electrons. The molecule has 1 aliphatic rings. The van der Waals surface area contributed by atoms with Gasteiger partial charge in [0.25, 0.3) is 0 Å². The van der Waals surface area contributed by atoms with E-state index in [1.54, 1.807) is 13.8 Å². The highest BCUT2D eigenvalue weighted by molar-refractivity contribution is 5.97. The number of benzene rings is 2. The summed E-state index contributed by atoms with van der Waals surface area (Å²) >= 11 is 0. The van der Waals surface area contributed by atoms with Gasteiger partial charge in [-0.05, 0) is 23.6 Å². The maximum absolute atomic E-state index is 13.1. The van der Waals surface area contributed by atoms with Gasteiger partial charge in [-0.2, -0.15) is 0 Å². The van der Waals surface area contributed by atoms with Crippen LogP contribution in [0.4, 0.5) is 14.5 Å². The van der Waals surface area contributed by atoms with E-state index >= 15 is 0 Å². The summed E-state index contributed by atoms with van der Waals surface area (Å²) < 4.78 is 34.9. The predicted molar refractivity (Wildman–Crippen MR) is 98.2 cm³/mol. The van der Waals surface area contributed by atoms with E-state index < -0.39 is 18.2 Å². The highest BCUT2D eigenvalue weighted by atomic mass is 19.3. The van der Waals surface area contributed by atoms with E-state index in [0.717, 1.165) is 5.56 Å². The number of hydrogen-bond donors (Lipinski definition) is 2. The zero-order valence-corrected chi connectivity index (χ0v) is 15.4. The van der Waals surface area contributed by atoms with Gasteiger partial charge < -0.3 is 20.1 Å². The summed E-state index contributed by atoms with van der Waals surface area (Å²) in [7, 11) is 0. The number of nitrogens with one attached hydrogen (secondary N) is 2. The number of ether oxygens (including phenoxy) is 2. The number of carbonyl (C=O) groups excluding carboxylic acids is 2. The van der Waals surface area contributed by atoms with Crippen molar-refractivity contribution in [2.45, 2.75) is 32.6 Å². The fourth-order valence-electron chi connectivity index (χ4n) is 2.79. The van der Waals surface area contributed by atoms with Gasteiger partial charge >= 0.3 is 6.29 Å². The molecule has 0 bridgehead atoms. The predicted octanol–water partition coefficient (Wildman–Crippen LogP) is 3.33. The Bertz CT molecular complexity index is 872. The van der Waals surface area contributed by atoms with Crippen molar-refractivity contribution in [3.05, 3.63) is 54.1 Å². The number of hydrogen-bond acceptors (Lipinski definition) is 4. The van der Waals surface area contributed by atoms with Gasteiger partial charge in [0.15, 0.2) is 11.5 Å². The first-order chi connectivity index (χ1) is 13.2. The summed E-state index contributed by atoms with van der Waals surface area (Å²) in [4.78, 5) is 24.9. The van der Waals surface area contributed by atoms with E-state index in [-0.39, 0.29) is 35.4 Å². The zero-order chi connectivity index (χ0) is 20.3. The molecule has 3 rings (SSSR count). The molecule has 2 amide bonds. The lowest BCUT2D eigenvalue weighted by molar-refractivity contribution is -0.286. The van der Waals surface area contributed by atoms with E-state index in [1.165, 1.54) is 18.2 Å². The number of amides is 2. The summed E-state index contributed by atoms with van der Waals surface area (Å²) in [5.41, 5.74) is 1.09. The molecular formula is C20H20F2N2O4. The molecule has 1 aliphatic heterocycles. The van der Waals surface area contributed by atoms with Crippen molar-refractivity contribution < 1.29 is 27.8 Å². The summed E-state index contributed by atoms with van der Waals surface area (Å²) in [6.07, 6.45) is -3.58. The van der Waals surface area contributed by atoms with Crippen LogP contribution in [0.15, 0.2) is 48.5 Å². The third kappa shape index (κ3) is 4.76. The molecule has 2 N–H and O–H groups in total. The summed E-state index contributed by atoms with van der Waals surface area (Å²) in [6, 6.07) is 12.3. The largest absolute Gasteiger partial charge is 0.586 e. The van der Waals surface area contributed by atoms with Gasteiger partial charge in [-0.3, -0.25) is 9.59 Å². The Morgan fingerprint density at radius 1 is 1.04 bits per heavy atom. The minimum atomic E-state index is -3.73. The van der Waals surface area contributed by atoms with Gasteiger partial charge in [0, 0.05) is 11.8 Å². The Kier molecular flexibility index (Phi) is 5.48. The van der Waals surface area contributed by atoms with Crippen LogP contribution >= 0.6 is 0 Å². The van der Waals surface area contributed by atoms with E-state index in [0.29, 0.717) is 0 Å². The first-order valence-electron chi connectivity index (χ1n) is 8.77. The first-order valence-corrected chi connectivity index (χ1v) is 8.77. The minimum Gasteiger partial charge on any atom is -0.395 e. The summed E-state index contributed by atoms with van der Waals surface area (Å²) in [6.45, 7) is 3.60. The van der Waals surface area contributed by atoms with E-state index in [2.05, 4.69) is 20.1 Å². The molecule has 148 valence electrons. The van der Waals surface area contributed by atoms with E-state index in [9.17, 15) is 18.4 Å². The molecule has 1 unspecified atom stereocenters. The van der Waals surface area contributed by atoms with Gasteiger partial charge in [-0.25, -0.2) is 0 Å². The van der Waals surface area contributed by atoms with Crippen molar-refractivity contribution in [3.8, 4) is 11.5 Å². The lowest BCUT2D eigenvalue weighted by Crippen LogP contribution is -2.47. The highest BCUT2D eigenvalue weighted by Gasteiger charge is 2.43. The van der Waals surface area contributed by atoms with Crippen LogP contribution in [-0.2, 0) is 16.0 Å². The van der Waals surface area contributed by atoms with Crippen LogP contribution in [0.3, 0.4) is 0 Å². The Morgan fingerprint density at radius 2 is 1.71 bits per heavy atom. The molecule has 1 heterocycles. The number of rotatable bonds is 6. The molecule has 28 heavy (non-hydrogen) atoms. The molecule has 1 atom stereocenters. The summed E-state index contributed by atoms with van der Waals surface area (Å²) in [5, 5.41) is 5.34. The van der Waals surface area contributed by atoms with Gasteiger partial charge in [-0.1, -0.05) is 44.2 Å². The van der Waals surface area contributed by atoms with Crippen molar-refractivity contribution in [2.24, 2.45) is 5.92 Å². The fraction of sp³-hybridized carbons (Fsp3) is 0.300. The fourth-order valence-corrected chi connectivity index (χ4v) is 2.79. The van der Waals surface area contributed by atoms with Crippen molar-refractivity contribution in [1.82, 2.24) is 5.32 Å². The Labute approximate surface area is 160 Å². The minimum absolute atomic E-state index is 0.112. The third-order valence-electron chi connectivity index (χ3n) is 4.14. The zero-order valence-electron chi connectivity index (χ0n) is 15.4. The maximum atomic E-state index is 13.1. The average Bonchev–Trinajstić information content (AvgIpc) is 2.93. The third-order valence-corrected chi connectivity index (χ3v) is 4.14. The van der Waals surface area contributed by atoms with E-state index in [4.69, 9.17) is 0 Å². The van der Waals surface area contributed by atoms with Gasteiger partial charge in [0.1, 0.15) is 6.04 Å². The van der Waals surface area contributed by atoms with Crippen LogP contribution in [0.25, 0.3) is 0 Å². The van der Waals surface area contributed by atoms with Crippen molar-refractivity contribution in [2.75, 3.05) is 5.32 Å². The topological polar surface area (TPSA) is 76.7 Å². The lowest BCUT2D eigenvalue weighted by atomic mass is 10.0. The second-order valence-corrected chi connectivity index (χ2v) is 6.77. The van der Waals surface area contributed by atoms with Crippen LogP contribution in [-0.4, -0.2) is 24.2 Å². The van der Waals surface area contributed by atoms with Crippen molar-refractivity contribution in [1.29, 1.82) is 0 Å². The Hall–Kier alpha value is -3.16. The van der Waals surface area contributed by atoms with Crippen molar-refractivity contribution >= 4 is 17.5 Å². The standard InChI is InChI=1S/C20H20F2N2O4/c1-12(2)18(24-17(25)10-13-6-4-3-5-7-13)19(26)23-14-8-9-15-16(11-14)28-20(21,22)27-15/h3-9,11-12,18H,10H2,1-2H3,(H,23,26)(H,24,25). The number of fused-ring (bicyclic) bond motifs is 1. The molecule has 2 aromatic carbocycles. The molecule has 0 saturated carbocycles. The molecule has 8 heteroatoms. The van der Waals surface area contributed by atoms with E-state index in [1.807, 2.05) is 30.3 Å². The molecule has 6 nitrogen and oxygen atoms in total. The summed E-state index contributed by atoms with van der Waals surface area (Å²) in [5.74, 6) is -1.21. The SMILES string of the molecule is CC(C)C(NC(=O)Cc1ccccc1)C(=O)Nc1ccc2c(c1)OC(F)(F)O2. The molecule has 2 aromatic rings. The smallest absolute Gasteiger partial charge is 0.395 e. The quantitative estimate of drug-likeness (QED) is 0.793. The Balaban J connectivity index is 1.64. The number of halogens is 2. The number of carbonyl (C=O) groups is 2. The molecule has 0 saturated heterocycles. The van der Waals surface area contributed by atoms with Crippen molar-refractivity contribution in [3.63, 3.8) is 0 Å². The first kappa shape index (κ1) is 19.6. The molecule has 0 aliphatic carbocycles. The number of anilines is 1. The monoisotopic (exact) mass is 390 g/mol. The lowest BCUT2D eigenvalue weighted by Gasteiger charge is -2.22. The normalized spacial score (nSPS) is 15.2. The van der Waals surface area contributed by atoms with Crippen LogP contribution in [0, 0.1) is 5.92 Å². The van der Waals surface area contributed by atoms with Gasteiger partial charge in [0.05, 0.1) is 6.42 Å². The highest BCUT2D eigenvalue weighted by Crippen LogP contribution is 2.42. The molecule has 0 spiro atoms. The average molecular weight is 390 g/mol. The second-order valence-electron chi connectivity index (χ2n) is 6.77. The van der Waals surface area contributed by atoms with Crippen LogP contribution in [0.5, 0.6) is 11.5 Å². The second kappa shape index (κ2) is 7.84. The number of alkyl halides is 2. The van der Waals surface area contributed by atoms with Crippen LogP contribution in [0.1, 0.15) is 19.4 Å². The molecular weight excluding hydrogens is 370 g/mol. The molecule has 0 fully saturated rings.